The molecule has 0 spiro atoms. The summed E-state index contributed by atoms with van der Waals surface area (Å²) in [5.41, 5.74) is 13.3. The van der Waals surface area contributed by atoms with E-state index in [1.54, 1.807) is 6.92 Å². The lowest BCUT2D eigenvalue weighted by atomic mass is 10.1. The molecular formula is C17H28N5O2+. The van der Waals surface area contributed by atoms with Crippen molar-refractivity contribution in [1.29, 1.82) is 0 Å². The molecule has 7 N–H and O–H groups in total. The average molecular weight is 334 g/mol. The number of unbranched alkanes of at least 4 members (excludes halogenated alkanes) is 1. The van der Waals surface area contributed by atoms with E-state index >= 15 is 0 Å². The molecule has 2 atom stereocenters. The first kappa shape index (κ1) is 18.3. The number of aliphatic imine (C=N–C) groups is 1. The number of aromatic amines is 1. The molecule has 0 fully saturated rings. The number of nitrogens with zero attached hydrogens (tertiary/aromatic N) is 2. The molecule has 0 radical (unpaired) electrons. The van der Waals surface area contributed by atoms with Gasteiger partial charge in [0.1, 0.15) is 19.2 Å². The summed E-state index contributed by atoms with van der Waals surface area (Å²) in [4.78, 5) is 7.27. The Hall–Kier alpha value is -2.09. The van der Waals surface area contributed by atoms with Crippen LogP contribution in [0, 0.1) is 6.92 Å². The van der Waals surface area contributed by atoms with Crippen LogP contribution in [0.3, 0.4) is 0 Å². The fourth-order valence-electron chi connectivity index (χ4n) is 3.22. The van der Waals surface area contributed by atoms with E-state index in [0.29, 0.717) is 13.1 Å². The highest BCUT2D eigenvalue weighted by atomic mass is 16.5. The maximum absolute atomic E-state index is 11.3. The summed E-state index contributed by atoms with van der Waals surface area (Å²) in [5.74, 6) is 0.0798. The molecule has 2 rings (SSSR count). The van der Waals surface area contributed by atoms with Gasteiger partial charge in [-0.15, -0.1) is 4.65 Å². The van der Waals surface area contributed by atoms with Gasteiger partial charge in [-0.05, 0) is 32.4 Å². The van der Waals surface area contributed by atoms with Crippen LogP contribution in [0.4, 0.5) is 5.69 Å². The molecule has 0 aliphatic heterocycles. The number of nitrogens with two attached hydrogens (primary N) is 2. The molecule has 2 unspecified atom stereocenters. The lowest BCUT2D eigenvalue weighted by Crippen LogP contribution is -2.51. The van der Waals surface area contributed by atoms with E-state index < -0.39 is 6.10 Å². The number of fused-ring (bicyclic) bond motifs is 1. The van der Waals surface area contributed by atoms with Gasteiger partial charge in [-0.3, -0.25) is 4.99 Å². The third-order valence-corrected chi connectivity index (χ3v) is 4.07. The van der Waals surface area contributed by atoms with Gasteiger partial charge in [-0.2, -0.15) is 0 Å². The van der Waals surface area contributed by atoms with E-state index in [1.165, 1.54) is 0 Å². The first-order chi connectivity index (χ1) is 11.3. The number of guanidine groups is 1. The summed E-state index contributed by atoms with van der Waals surface area (Å²) >= 11 is 0. The van der Waals surface area contributed by atoms with Crippen molar-refractivity contribution in [2.75, 3.05) is 19.6 Å². The number of aliphatic hydroxyl groups excluding tert-OH is 1. The Morgan fingerprint density at radius 1 is 1.29 bits per heavy atom. The van der Waals surface area contributed by atoms with Crippen molar-refractivity contribution < 1.29 is 10.3 Å². The number of H-pyrrole nitrogens is 1. The molecule has 1 aromatic carbocycles. The molecule has 0 aliphatic carbocycles. The minimum atomic E-state index is -0.624. The molecule has 7 heteroatoms. The standard InChI is InChI=1S/C17H28N5O2/c1-12(23)11-22(24,10-6-5-9-20-17(18)19)16-13(2)21-15-8-4-3-7-14(15)16/h3-4,7-8,12,21,23-24H,5-6,9-11H2,1-2H3,(H4,18,19,20)/q+1. The van der Waals surface area contributed by atoms with Gasteiger partial charge in [0.2, 0.25) is 0 Å². The number of aryl methyl sites for hydroxylation is 1. The van der Waals surface area contributed by atoms with Gasteiger partial charge in [0.05, 0.1) is 16.6 Å². The first-order valence-corrected chi connectivity index (χ1v) is 8.24. The van der Waals surface area contributed by atoms with Crippen molar-refractivity contribution in [2.24, 2.45) is 16.5 Å². The minimum absolute atomic E-state index is 0.0798. The minimum Gasteiger partial charge on any atom is -0.387 e. The quantitative estimate of drug-likeness (QED) is 0.165. The largest absolute Gasteiger partial charge is 0.387 e. The van der Waals surface area contributed by atoms with Crippen LogP contribution in [-0.4, -0.2) is 47.0 Å². The van der Waals surface area contributed by atoms with E-state index in [0.717, 1.165) is 35.1 Å². The summed E-state index contributed by atoms with van der Waals surface area (Å²) in [6.45, 7) is 4.87. The number of benzene rings is 1. The zero-order valence-corrected chi connectivity index (χ0v) is 14.4. The maximum Gasteiger partial charge on any atom is 0.193 e. The van der Waals surface area contributed by atoms with Gasteiger partial charge in [0, 0.05) is 13.0 Å². The number of hydrogen-bond acceptors (Lipinski definition) is 3. The maximum atomic E-state index is 11.3. The average Bonchev–Trinajstić information content (AvgIpc) is 2.82. The van der Waals surface area contributed by atoms with Gasteiger partial charge in [-0.1, -0.05) is 12.1 Å². The van der Waals surface area contributed by atoms with E-state index in [9.17, 15) is 10.3 Å². The highest BCUT2D eigenvalue weighted by Gasteiger charge is 2.35. The third-order valence-electron chi connectivity index (χ3n) is 4.07. The fraction of sp³-hybridized carbons (Fsp3) is 0.471. The predicted molar refractivity (Wildman–Crippen MR) is 97.9 cm³/mol. The van der Waals surface area contributed by atoms with E-state index in [2.05, 4.69) is 9.98 Å². The molecule has 0 amide bonds. The second-order valence-electron chi connectivity index (χ2n) is 6.34. The van der Waals surface area contributed by atoms with E-state index in [4.69, 9.17) is 11.5 Å². The summed E-state index contributed by atoms with van der Waals surface area (Å²) < 4.78 is -0.310. The lowest BCUT2D eigenvalue weighted by molar-refractivity contribution is -0.0999. The molecule has 0 saturated heterocycles. The summed E-state index contributed by atoms with van der Waals surface area (Å²) in [7, 11) is 0. The van der Waals surface area contributed by atoms with Crippen LogP contribution in [0.1, 0.15) is 25.5 Å². The number of quaternary nitrogens is 1. The molecule has 7 nitrogen and oxygen atoms in total. The fourth-order valence-corrected chi connectivity index (χ4v) is 3.22. The van der Waals surface area contributed by atoms with E-state index in [-0.39, 0.29) is 17.2 Å². The van der Waals surface area contributed by atoms with Gasteiger partial charge < -0.3 is 21.6 Å². The monoisotopic (exact) mass is 334 g/mol. The van der Waals surface area contributed by atoms with Gasteiger partial charge >= 0.3 is 0 Å². The van der Waals surface area contributed by atoms with Crippen LogP contribution in [0.15, 0.2) is 29.3 Å². The van der Waals surface area contributed by atoms with E-state index in [1.807, 2.05) is 31.2 Å². The van der Waals surface area contributed by atoms with Crippen LogP contribution in [-0.2, 0) is 0 Å². The molecule has 1 heterocycles. The van der Waals surface area contributed by atoms with Gasteiger partial charge in [-0.25, -0.2) is 5.21 Å². The van der Waals surface area contributed by atoms with Crippen molar-refractivity contribution in [3.63, 3.8) is 0 Å². The van der Waals surface area contributed by atoms with Gasteiger partial charge in [0.15, 0.2) is 11.6 Å². The number of para-hydroxylation sites is 1. The third kappa shape index (κ3) is 4.25. The summed E-state index contributed by atoms with van der Waals surface area (Å²) in [6.07, 6.45) is 0.874. The van der Waals surface area contributed by atoms with Crippen molar-refractivity contribution in [2.45, 2.75) is 32.8 Å². The first-order valence-electron chi connectivity index (χ1n) is 8.24. The zero-order valence-electron chi connectivity index (χ0n) is 14.4. The van der Waals surface area contributed by atoms with Crippen LogP contribution in [0.5, 0.6) is 0 Å². The number of aromatic nitrogens is 1. The topological polar surface area (TPSA) is 121 Å². The second kappa shape index (κ2) is 7.65. The molecule has 1 aromatic heterocycles. The molecule has 132 valence electrons. The lowest BCUT2D eigenvalue weighted by Gasteiger charge is -2.31. The number of aliphatic hydroxyl groups is 1. The highest BCUT2D eigenvalue weighted by Crippen LogP contribution is 2.35. The molecule has 0 saturated carbocycles. The normalized spacial score (nSPS) is 15.2. The molecule has 2 aromatic rings. The number of hydrogen-bond donors (Lipinski definition) is 5. The number of hydroxylamine groups is 2. The zero-order chi connectivity index (χ0) is 17.7. The van der Waals surface area contributed by atoms with Crippen molar-refractivity contribution in [3.05, 3.63) is 30.0 Å². The van der Waals surface area contributed by atoms with Crippen LogP contribution in [0.2, 0.25) is 0 Å². The van der Waals surface area contributed by atoms with Crippen molar-refractivity contribution >= 4 is 22.5 Å². The SMILES string of the molecule is Cc1[nH]c2ccccc2c1[N+](O)(CCCCN=C(N)N)CC(C)O. The summed E-state index contributed by atoms with van der Waals surface area (Å²) in [5, 5.41) is 22.2. The Morgan fingerprint density at radius 2 is 2.00 bits per heavy atom. The number of rotatable bonds is 8. The smallest absolute Gasteiger partial charge is 0.193 e. The number of nitrogens with one attached hydrogen (secondary N) is 1. The highest BCUT2D eigenvalue weighted by molar-refractivity contribution is 5.93. The Morgan fingerprint density at radius 3 is 2.67 bits per heavy atom. The Kier molecular flexibility index (Phi) is 5.82. The Balaban J connectivity index is 2.26. The Labute approximate surface area is 142 Å². The molecular weight excluding hydrogens is 306 g/mol. The van der Waals surface area contributed by atoms with Crippen molar-refractivity contribution in [3.8, 4) is 0 Å². The predicted octanol–water partition coefficient (Wildman–Crippen LogP) is 1.61. The van der Waals surface area contributed by atoms with Crippen molar-refractivity contribution in [1.82, 2.24) is 9.63 Å². The van der Waals surface area contributed by atoms with Crippen LogP contribution < -0.4 is 16.1 Å². The molecule has 24 heavy (non-hydrogen) atoms. The molecule has 0 aliphatic rings. The Bertz CT molecular complexity index is 706. The second-order valence-corrected chi connectivity index (χ2v) is 6.34. The van der Waals surface area contributed by atoms with Crippen LogP contribution in [0.25, 0.3) is 10.9 Å². The van der Waals surface area contributed by atoms with Gasteiger partial charge in [0.25, 0.3) is 0 Å². The summed E-state index contributed by atoms with van der Waals surface area (Å²) in [6, 6.07) is 7.87. The van der Waals surface area contributed by atoms with Crippen LogP contribution >= 0.6 is 0 Å². The molecule has 0 bridgehead atoms.